The molecule has 0 radical (unpaired) electrons. The number of hydrogen-bond donors (Lipinski definition) is 1. The van der Waals surface area contributed by atoms with E-state index in [0.717, 1.165) is 29.8 Å². The predicted molar refractivity (Wildman–Crippen MR) is 113 cm³/mol. The molecule has 1 aliphatic rings. The second kappa shape index (κ2) is 9.20. The Kier molecular flexibility index (Phi) is 6.70. The number of hydrogen-bond acceptors (Lipinski definition) is 7. The molecule has 2 aromatic rings. The zero-order chi connectivity index (χ0) is 19.2. The maximum Gasteiger partial charge on any atom is 0.266 e. The van der Waals surface area contributed by atoms with Crippen LogP contribution in [0.5, 0.6) is 0 Å². The Morgan fingerprint density at radius 1 is 1.30 bits per heavy atom. The Bertz CT molecular complexity index is 880. The lowest BCUT2D eigenvalue weighted by Crippen LogP contribution is -2.36. The first kappa shape index (κ1) is 19.7. The molecule has 1 saturated heterocycles. The second-order valence-electron chi connectivity index (χ2n) is 5.83. The second-order valence-corrected chi connectivity index (χ2v) is 8.57. The van der Waals surface area contributed by atoms with Crippen molar-refractivity contribution in [1.82, 2.24) is 15.1 Å². The van der Waals surface area contributed by atoms with Crippen molar-refractivity contribution in [2.24, 2.45) is 0 Å². The maximum atomic E-state index is 12.6. The van der Waals surface area contributed by atoms with Crippen molar-refractivity contribution in [3.8, 4) is 0 Å². The topological polar surface area (TPSA) is 75.2 Å². The number of nitrogens with one attached hydrogen (secondary N) is 1. The summed E-state index contributed by atoms with van der Waals surface area (Å²) in [6.45, 7) is 1.97. The number of rotatable bonds is 7. The van der Waals surface area contributed by atoms with Crippen LogP contribution >= 0.6 is 35.3 Å². The minimum Gasteiger partial charge on any atom is -0.299 e. The number of carbonyl (C=O) groups is 2. The molecule has 1 aromatic heterocycles. The third kappa shape index (κ3) is 5.21. The molecule has 0 spiro atoms. The van der Waals surface area contributed by atoms with Gasteiger partial charge in [-0.1, -0.05) is 79.0 Å². The highest BCUT2D eigenvalue weighted by atomic mass is 32.2. The van der Waals surface area contributed by atoms with Crippen LogP contribution in [-0.2, 0) is 16.0 Å². The molecule has 0 atom stereocenters. The van der Waals surface area contributed by atoms with E-state index in [1.54, 1.807) is 6.08 Å². The molecule has 0 saturated carbocycles. The first-order valence-electron chi connectivity index (χ1n) is 8.49. The minimum absolute atomic E-state index is 0.138. The van der Waals surface area contributed by atoms with Crippen LogP contribution in [0.15, 0.2) is 35.2 Å². The average molecular weight is 419 g/mol. The van der Waals surface area contributed by atoms with Gasteiger partial charge in [0.25, 0.3) is 5.91 Å². The predicted octanol–water partition coefficient (Wildman–Crippen LogP) is 3.72. The SMILES string of the molecule is CCCCc1nnc(NC(=O)CN2C(=O)/C(=C\c3ccccc3)SC2=S)s1. The summed E-state index contributed by atoms with van der Waals surface area (Å²) < 4.78 is 0.373. The Balaban J connectivity index is 1.60. The smallest absolute Gasteiger partial charge is 0.266 e. The third-order valence-corrected chi connectivity index (χ3v) is 6.01. The van der Waals surface area contributed by atoms with E-state index in [9.17, 15) is 9.59 Å². The molecule has 9 heteroatoms. The van der Waals surface area contributed by atoms with Gasteiger partial charge in [0.15, 0.2) is 0 Å². The van der Waals surface area contributed by atoms with Gasteiger partial charge in [0.2, 0.25) is 11.0 Å². The summed E-state index contributed by atoms with van der Waals surface area (Å²) in [5.74, 6) is -0.602. The lowest BCUT2D eigenvalue weighted by molar-refractivity contribution is -0.126. The van der Waals surface area contributed by atoms with E-state index in [1.807, 2.05) is 30.3 Å². The summed E-state index contributed by atoms with van der Waals surface area (Å²) in [5.41, 5.74) is 0.913. The number of aryl methyl sites for hydroxylation is 1. The van der Waals surface area contributed by atoms with Crippen LogP contribution in [0.2, 0.25) is 0 Å². The molecule has 2 heterocycles. The first-order chi connectivity index (χ1) is 13.1. The average Bonchev–Trinajstić information content (AvgIpc) is 3.20. The fourth-order valence-electron chi connectivity index (χ4n) is 2.37. The largest absolute Gasteiger partial charge is 0.299 e. The number of nitrogens with zero attached hydrogens (tertiary/aromatic N) is 3. The van der Waals surface area contributed by atoms with Crippen LogP contribution < -0.4 is 5.32 Å². The van der Waals surface area contributed by atoms with Crippen LogP contribution in [0.1, 0.15) is 30.3 Å². The molecule has 1 aliphatic heterocycles. The van der Waals surface area contributed by atoms with Crippen molar-refractivity contribution < 1.29 is 9.59 Å². The molecular formula is C18H18N4O2S3. The molecule has 27 heavy (non-hydrogen) atoms. The zero-order valence-corrected chi connectivity index (χ0v) is 17.1. The summed E-state index contributed by atoms with van der Waals surface area (Å²) in [4.78, 5) is 26.7. The number of thiocarbonyl (C=S) groups is 1. The fourth-order valence-corrected chi connectivity index (χ4v) is 4.43. The Morgan fingerprint density at radius 3 is 2.81 bits per heavy atom. The van der Waals surface area contributed by atoms with Gasteiger partial charge >= 0.3 is 0 Å². The van der Waals surface area contributed by atoms with E-state index in [-0.39, 0.29) is 18.4 Å². The van der Waals surface area contributed by atoms with Gasteiger partial charge in [-0.15, -0.1) is 10.2 Å². The fraction of sp³-hybridized carbons (Fsp3) is 0.278. The van der Waals surface area contributed by atoms with Gasteiger partial charge in [-0.3, -0.25) is 19.8 Å². The zero-order valence-electron chi connectivity index (χ0n) is 14.7. The number of anilines is 1. The summed E-state index contributed by atoms with van der Waals surface area (Å²) in [6.07, 6.45) is 4.74. The summed E-state index contributed by atoms with van der Waals surface area (Å²) in [6, 6.07) is 9.53. The van der Waals surface area contributed by atoms with E-state index in [2.05, 4.69) is 22.4 Å². The number of aromatic nitrogens is 2. The van der Waals surface area contributed by atoms with E-state index in [0.29, 0.717) is 14.4 Å². The quantitative estimate of drug-likeness (QED) is 0.546. The normalized spacial score (nSPS) is 15.6. The molecule has 0 bridgehead atoms. The Morgan fingerprint density at radius 2 is 2.07 bits per heavy atom. The number of thioether (sulfide) groups is 1. The molecule has 0 unspecified atom stereocenters. The lowest BCUT2D eigenvalue weighted by atomic mass is 10.2. The molecular weight excluding hydrogens is 400 g/mol. The van der Waals surface area contributed by atoms with E-state index < -0.39 is 0 Å². The molecule has 2 amide bonds. The summed E-state index contributed by atoms with van der Waals surface area (Å²) in [7, 11) is 0. The van der Waals surface area contributed by atoms with Crippen molar-refractivity contribution in [3.05, 3.63) is 45.8 Å². The standard InChI is InChI=1S/C18H18N4O2S3/c1-2-3-9-15-20-21-17(27-15)19-14(23)11-22-16(24)13(26-18(22)25)10-12-7-5-4-6-8-12/h4-8,10H,2-3,9,11H2,1H3,(H,19,21,23)/b13-10+. The van der Waals surface area contributed by atoms with Gasteiger partial charge in [0, 0.05) is 6.42 Å². The Labute approximate surface area is 171 Å². The molecule has 0 aliphatic carbocycles. The van der Waals surface area contributed by atoms with Crippen LogP contribution in [0.4, 0.5) is 5.13 Å². The molecule has 1 N–H and O–H groups in total. The molecule has 1 fully saturated rings. The van der Waals surface area contributed by atoms with Crippen molar-refractivity contribution in [3.63, 3.8) is 0 Å². The van der Waals surface area contributed by atoms with Crippen LogP contribution in [0.3, 0.4) is 0 Å². The van der Waals surface area contributed by atoms with Crippen molar-refractivity contribution >= 4 is 62.7 Å². The first-order valence-corrected chi connectivity index (χ1v) is 10.5. The highest BCUT2D eigenvalue weighted by Gasteiger charge is 2.33. The molecule has 140 valence electrons. The number of benzene rings is 1. The summed E-state index contributed by atoms with van der Waals surface area (Å²) in [5, 5.41) is 12.1. The van der Waals surface area contributed by atoms with Gasteiger partial charge in [0.1, 0.15) is 15.9 Å². The number of carbonyl (C=O) groups excluding carboxylic acids is 2. The van der Waals surface area contributed by atoms with E-state index in [1.165, 1.54) is 28.0 Å². The van der Waals surface area contributed by atoms with Gasteiger partial charge in [-0.2, -0.15) is 0 Å². The van der Waals surface area contributed by atoms with Crippen molar-refractivity contribution in [2.75, 3.05) is 11.9 Å². The van der Waals surface area contributed by atoms with Crippen molar-refractivity contribution in [1.29, 1.82) is 0 Å². The van der Waals surface area contributed by atoms with Crippen LogP contribution in [-0.4, -0.2) is 37.8 Å². The highest BCUT2D eigenvalue weighted by Crippen LogP contribution is 2.32. The number of amides is 2. The maximum absolute atomic E-state index is 12.6. The molecule has 6 nitrogen and oxygen atoms in total. The third-order valence-electron chi connectivity index (χ3n) is 3.73. The van der Waals surface area contributed by atoms with Gasteiger partial charge in [-0.25, -0.2) is 0 Å². The van der Waals surface area contributed by atoms with Gasteiger partial charge in [0.05, 0.1) is 4.91 Å². The van der Waals surface area contributed by atoms with Crippen LogP contribution in [0, 0.1) is 0 Å². The van der Waals surface area contributed by atoms with Gasteiger partial charge < -0.3 is 0 Å². The highest BCUT2D eigenvalue weighted by molar-refractivity contribution is 8.26. The molecule has 1 aromatic carbocycles. The van der Waals surface area contributed by atoms with E-state index in [4.69, 9.17) is 12.2 Å². The number of unbranched alkanes of at least 4 members (excludes halogenated alkanes) is 1. The monoisotopic (exact) mass is 418 g/mol. The van der Waals surface area contributed by atoms with Crippen molar-refractivity contribution in [2.45, 2.75) is 26.2 Å². The van der Waals surface area contributed by atoms with Gasteiger partial charge in [-0.05, 0) is 18.1 Å². The van der Waals surface area contributed by atoms with Crippen LogP contribution in [0.25, 0.3) is 6.08 Å². The lowest BCUT2D eigenvalue weighted by Gasteiger charge is -2.13. The Hall–Kier alpha value is -2.10. The molecule has 3 rings (SSSR count). The van der Waals surface area contributed by atoms with E-state index >= 15 is 0 Å². The minimum atomic E-state index is -0.342. The summed E-state index contributed by atoms with van der Waals surface area (Å²) >= 11 is 7.83.